The Morgan fingerprint density at radius 3 is 2.64 bits per heavy atom. The molecule has 2 rings (SSSR count). The van der Waals surface area contributed by atoms with Crippen LogP contribution in [0, 0.1) is 6.92 Å². The maximum absolute atomic E-state index is 6.02. The first-order valence-electron chi connectivity index (χ1n) is 4.48. The number of aryl methyl sites for hydroxylation is 1. The molecule has 2 nitrogen and oxygen atoms in total. The van der Waals surface area contributed by atoms with Gasteiger partial charge in [0, 0.05) is 15.6 Å². The van der Waals surface area contributed by atoms with Gasteiger partial charge in [-0.15, -0.1) is 0 Å². The summed E-state index contributed by atoms with van der Waals surface area (Å²) in [5.74, 6) is 0. The summed E-state index contributed by atoms with van der Waals surface area (Å²) in [4.78, 5) is 0. The standard InChI is InChI=1S/C8H6BrClN2.C2H6/c1-4-8-6(10)2-5(9)3-7(8)12-11-4;1-2/h2-3H,1H3,(H,11,12);1-2H3. The SMILES string of the molecule is CC.Cc1[nH]nc2cc(Br)cc(Cl)c12. The molecule has 4 heteroatoms. The zero-order chi connectivity index (χ0) is 10.7. The molecule has 0 bridgehead atoms. The Morgan fingerprint density at radius 1 is 1.36 bits per heavy atom. The first-order chi connectivity index (χ1) is 6.68. The Morgan fingerprint density at radius 2 is 2.00 bits per heavy atom. The molecule has 0 atom stereocenters. The van der Waals surface area contributed by atoms with Gasteiger partial charge >= 0.3 is 0 Å². The van der Waals surface area contributed by atoms with Gasteiger partial charge in [0.1, 0.15) is 0 Å². The van der Waals surface area contributed by atoms with Crippen molar-refractivity contribution in [2.24, 2.45) is 0 Å². The normalized spacial score (nSPS) is 9.79. The van der Waals surface area contributed by atoms with Crippen LogP contribution >= 0.6 is 27.5 Å². The van der Waals surface area contributed by atoms with E-state index in [9.17, 15) is 0 Å². The van der Waals surface area contributed by atoms with Crippen LogP contribution in [0.25, 0.3) is 10.9 Å². The van der Waals surface area contributed by atoms with Crippen LogP contribution in [0.2, 0.25) is 5.02 Å². The Labute approximate surface area is 96.8 Å². The topological polar surface area (TPSA) is 28.7 Å². The molecule has 0 amide bonds. The molecule has 0 spiro atoms. The minimum Gasteiger partial charge on any atom is -0.282 e. The molecule has 76 valence electrons. The monoisotopic (exact) mass is 274 g/mol. The maximum Gasteiger partial charge on any atom is 0.0949 e. The Balaban J connectivity index is 0.000000461. The van der Waals surface area contributed by atoms with Crippen molar-refractivity contribution in [3.8, 4) is 0 Å². The average Bonchev–Trinajstić information content (AvgIpc) is 2.51. The van der Waals surface area contributed by atoms with E-state index in [1.807, 2.05) is 32.9 Å². The molecular weight excluding hydrogens is 263 g/mol. The number of hydrogen-bond donors (Lipinski definition) is 1. The highest BCUT2D eigenvalue weighted by molar-refractivity contribution is 9.10. The van der Waals surface area contributed by atoms with E-state index in [1.165, 1.54) is 0 Å². The molecule has 14 heavy (non-hydrogen) atoms. The smallest absolute Gasteiger partial charge is 0.0949 e. The van der Waals surface area contributed by atoms with E-state index >= 15 is 0 Å². The molecule has 0 unspecified atom stereocenters. The molecule has 1 aromatic carbocycles. The number of fused-ring (bicyclic) bond motifs is 1. The molecule has 1 aromatic heterocycles. The number of nitrogens with zero attached hydrogens (tertiary/aromatic N) is 1. The van der Waals surface area contributed by atoms with E-state index < -0.39 is 0 Å². The van der Waals surface area contributed by atoms with Crippen LogP contribution in [0.15, 0.2) is 16.6 Å². The zero-order valence-corrected chi connectivity index (χ0v) is 10.7. The van der Waals surface area contributed by atoms with Crippen molar-refractivity contribution in [2.45, 2.75) is 20.8 Å². The molecule has 0 radical (unpaired) electrons. The van der Waals surface area contributed by atoms with Gasteiger partial charge in [-0.25, -0.2) is 0 Å². The van der Waals surface area contributed by atoms with Crippen LogP contribution in [0.4, 0.5) is 0 Å². The number of H-pyrrole nitrogens is 1. The summed E-state index contributed by atoms with van der Waals surface area (Å²) in [6.45, 7) is 5.95. The summed E-state index contributed by atoms with van der Waals surface area (Å²) < 4.78 is 0.950. The fourth-order valence-corrected chi connectivity index (χ4v) is 2.15. The summed E-state index contributed by atoms with van der Waals surface area (Å²) >= 11 is 9.37. The molecule has 0 saturated carbocycles. The van der Waals surface area contributed by atoms with E-state index in [0.29, 0.717) is 0 Å². The highest BCUT2D eigenvalue weighted by atomic mass is 79.9. The molecule has 1 N–H and O–H groups in total. The Hall–Kier alpha value is -0.540. The molecule has 2 aromatic rings. The van der Waals surface area contributed by atoms with Crippen molar-refractivity contribution in [2.75, 3.05) is 0 Å². The number of nitrogens with one attached hydrogen (secondary N) is 1. The summed E-state index contributed by atoms with van der Waals surface area (Å²) in [6, 6.07) is 3.80. The predicted octanol–water partition coefficient (Wildman–Crippen LogP) is 4.31. The molecule has 0 fully saturated rings. The number of rotatable bonds is 0. The second kappa shape index (κ2) is 4.80. The van der Waals surface area contributed by atoms with Gasteiger partial charge in [-0.05, 0) is 19.1 Å². The van der Waals surface area contributed by atoms with E-state index in [1.54, 1.807) is 0 Å². The van der Waals surface area contributed by atoms with Gasteiger partial charge < -0.3 is 0 Å². The molecule has 0 aliphatic heterocycles. The average molecular weight is 276 g/mol. The Kier molecular flexibility index (Phi) is 3.96. The van der Waals surface area contributed by atoms with Gasteiger partial charge in [-0.2, -0.15) is 5.10 Å². The quantitative estimate of drug-likeness (QED) is 0.762. The summed E-state index contributed by atoms with van der Waals surface area (Å²) in [5, 5.41) is 8.72. The van der Waals surface area contributed by atoms with Crippen molar-refractivity contribution < 1.29 is 0 Å². The van der Waals surface area contributed by atoms with Crippen molar-refractivity contribution >= 4 is 38.4 Å². The van der Waals surface area contributed by atoms with Gasteiger partial charge in [-0.3, -0.25) is 5.10 Å². The maximum atomic E-state index is 6.02. The molecule has 0 aliphatic carbocycles. The highest BCUT2D eigenvalue weighted by Gasteiger charge is 2.06. The molecule has 0 saturated heterocycles. The van der Waals surface area contributed by atoms with E-state index in [-0.39, 0.29) is 0 Å². The lowest BCUT2D eigenvalue weighted by atomic mass is 10.2. The lowest BCUT2D eigenvalue weighted by Crippen LogP contribution is -1.73. The number of aromatic nitrogens is 2. The Bertz CT molecular complexity index is 437. The zero-order valence-electron chi connectivity index (χ0n) is 8.36. The third kappa shape index (κ3) is 2.10. The summed E-state index contributed by atoms with van der Waals surface area (Å²) in [6.07, 6.45) is 0. The van der Waals surface area contributed by atoms with Crippen molar-refractivity contribution in [3.63, 3.8) is 0 Å². The van der Waals surface area contributed by atoms with Gasteiger partial charge in [0.2, 0.25) is 0 Å². The fraction of sp³-hybridized carbons (Fsp3) is 0.300. The van der Waals surface area contributed by atoms with E-state index in [0.717, 1.165) is 26.1 Å². The number of halogens is 2. The highest BCUT2D eigenvalue weighted by Crippen LogP contribution is 2.28. The van der Waals surface area contributed by atoms with Crippen LogP contribution in [0.1, 0.15) is 19.5 Å². The largest absolute Gasteiger partial charge is 0.282 e. The predicted molar refractivity (Wildman–Crippen MR) is 64.9 cm³/mol. The second-order valence-corrected chi connectivity index (χ2v) is 3.95. The van der Waals surface area contributed by atoms with Crippen molar-refractivity contribution in [1.82, 2.24) is 10.2 Å². The lowest BCUT2D eigenvalue weighted by Gasteiger charge is -1.94. The second-order valence-electron chi connectivity index (χ2n) is 2.63. The number of hydrogen-bond acceptors (Lipinski definition) is 1. The summed E-state index contributed by atoms with van der Waals surface area (Å²) in [5.41, 5.74) is 1.90. The first kappa shape index (κ1) is 11.5. The minimum absolute atomic E-state index is 0.727. The fourth-order valence-electron chi connectivity index (χ4n) is 1.22. The van der Waals surface area contributed by atoms with Crippen LogP contribution in [-0.2, 0) is 0 Å². The summed E-state index contributed by atoms with van der Waals surface area (Å²) in [7, 11) is 0. The first-order valence-corrected chi connectivity index (χ1v) is 5.65. The molecular formula is C10H12BrClN2. The van der Waals surface area contributed by atoms with Crippen molar-refractivity contribution in [1.29, 1.82) is 0 Å². The van der Waals surface area contributed by atoms with Crippen molar-refractivity contribution in [3.05, 3.63) is 27.3 Å². The van der Waals surface area contributed by atoms with Gasteiger partial charge in [0.05, 0.1) is 10.5 Å². The van der Waals surface area contributed by atoms with E-state index in [2.05, 4.69) is 26.1 Å². The van der Waals surface area contributed by atoms with Crippen LogP contribution in [0.5, 0.6) is 0 Å². The van der Waals surface area contributed by atoms with E-state index in [4.69, 9.17) is 11.6 Å². The molecule has 0 aliphatic rings. The number of benzene rings is 1. The molecule has 1 heterocycles. The third-order valence-electron chi connectivity index (χ3n) is 1.75. The van der Waals surface area contributed by atoms with Crippen LogP contribution < -0.4 is 0 Å². The van der Waals surface area contributed by atoms with Crippen LogP contribution in [-0.4, -0.2) is 10.2 Å². The number of aromatic amines is 1. The van der Waals surface area contributed by atoms with Gasteiger partial charge in [-0.1, -0.05) is 41.4 Å². The minimum atomic E-state index is 0.727. The lowest BCUT2D eigenvalue weighted by molar-refractivity contribution is 1.07. The third-order valence-corrected chi connectivity index (χ3v) is 2.51. The van der Waals surface area contributed by atoms with Gasteiger partial charge in [0.25, 0.3) is 0 Å². The van der Waals surface area contributed by atoms with Crippen LogP contribution in [0.3, 0.4) is 0 Å². The van der Waals surface area contributed by atoms with Gasteiger partial charge in [0.15, 0.2) is 0 Å².